The number of ether oxygens (including phenoxy) is 5. The molecule has 0 spiro atoms. The minimum atomic E-state index is -0.562. The van der Waals surface area contributed by atoms with Crippen molar-refractivity contribution in [1.29, 1.82) is 5.26 Å². The first-order valence-corrected chi connectivity index (χ1v) is 13.9. The molecular formula is C33H36N2O6. The smallest absolute Gasteiger partial charge is 0.349 e. The average Bonchev–Trinajstić information content (AvgIpc) is 2.94. The van der Waals surface area contributed by atoms with Crippen molar-refractivity contribution in [3.63, 3.8) is 0 Å². The predicted octanol–water partition coefficient (Wildman–Crippen LogP) is 6.47. The molecule has 1 unspecified atom stereocenters. The van der Waals surface area contributed by atoms with Crippen LogP contribution in [0.25, 0.3) is 0 Å². The Hall–Kier alpha value is -4.64. The molecule has 0 aromatic heterocycles. The fraction of sp³-hybridized carbons (Fsp3) is 0.333. The Morgan fingerprint density at radius 3 is 2.41 bits per heavy atom. The van der Waals surface area contributed by atoms with Crippen molar-refractivity contribution in [2.45, 2.75) is 52.9 Å². The minimum absolute atomic E-state index is 0.00974. The fourth-order valence-corrected chi connectivity index (χ4v) is 4.79. The van der Waals surface area contributed by atoms with Gasteiger partial charge in [0.15, 0.2) is 18.1 Å². The molecule has 3 aromatic rings. The molecule has 1 heterocycles. The number of fused-ring (bicyclic) bond motifs is 1. The van der Waals surface area contributed by atoms with Crippen molar-refractivity contribution in [1.82, 2.24) is 0 Å². The lowest BCUT2D eigenvalue weighted by atomic mass is 9.83. The quantitative estimate of drug-likeness (QED) is 0.153. The van der Waals surface area contributed by atoms with Crippen LogP contribution >= 0.6 is 0 Å². The van der Waals surface area contributed by atoms with Gasteiger partial charge in [0.25, 0.3) is 0 Å². The molecule has 1 aliphatic rings. The van der Waals surface area contributed by atoms with Gasteiger partial charge in [-0.1, -0.05) is 38.0 Å². The van der Waals surface area contributed by atoms with Gasteiger partial charge in [0.2, 0.25) is 5.88 Å². The zero-order valence-corrected chi connectivity index (χ0v) is 24.0. The first-order valence-electron chi connectivity index (χ1n) is 13.9. The second-order valence-electron chi connectivity index (χ2n) is 9.91. The Morgan fingerprint density at radius 2 is 1.71 bits per heavy atom. The van der Waals surface area contributed by atoms with Crippen LogP contribution in [0.4, 0.5) is 0 Å². The maximum Gasteiger partial charge on any atom is 0.349 e. The number of benzene rings is 3. The Bertz CT molecular complexity index is 1450. The zero-order chi connectivity index (χ0) is 29.4. The highest BCUT2D eigenvalue weighted by Crippen LogP contribution is 2.45. The third-order valence-electron chi connectivity index (χ3n) is 6.58. The maximum absolute atomic E-state index is 12.5. The van der Waals surface area contributed by atoms with Crippen LogP contribution in [0.5, 0.6) is 28.7 Å². The van der Waals surface area contributed by atoms with Gasteiger partial charge in [-0.25, -0.2) is 4.79 Å². The van der Waals surface area contributed by atoms with E-state index in [0.29, 0.717) is 41.8 Å². The molecule has 41 heavy (non-hydrogen) atoms. The number of allylic oxidation sites excluding steroid dienone is 1. The van der Waals surface area contributed by atoms with Crippen molar-refractivity contribution >= 4 is 5.97 Å². The number of carbonyl (C=O) groups is 1. The summed E-state index contributed by atoms with van der Waals surface area (Å²) in [7, 11) is 0. The standard InChI is InChI=1S/C33H36N2O6/c1-5-7-8-13-38-28-12-9-23(17-30(28)37-6-2)32-26-11-10-24(18-29(26)41-33(35)27(32)19-34)40-31(36)20-39-25-15-21(3)14-22(4)16-25/h9-12,14-18,32H,5-8,13,20,35H2,1-4H3. The fourth-order valence-electron chi connectivity index (χ4n) is 4.79. The summed E-state index contributed by atoms with van der Waals surface area (Å²) in [5.74, 6) is 1.44. The van der Waals surface area contributed by atoms with Crippen LogP contribution in [0.1, 0.15) is 61.3 Å². The molecule has 0 saturated heterocycles. The lowest BCUT2D eigenvalue weighted by molar-refractivity contribution is -0.136. The number of rotatable bonds is 12. The zero-order valence-electron chi connectivity index (χ0n) is 24.0. The number of esters is 1. The van der Waals surface area contributed by atoms with Crippen molar-refractivity contribution in [3.8, 4) is 34.8 Å². The molecule has 3 aromatic carbocycles. The molecule has 0 fully saturated rings. The van der Waals surface area contributed by atoms with Gasteiger partial charge in [-0.2, -0.15) is 5.26 Å². The first kappa shape index (κ1) is 29.3. The number of nitrogens with two attached hydrogens (primary N) is 1. The molecule has 8 heteroatoms. The van der Waals surface area contributed by atoms with Crippen LogP contribution in [0.15, 0.2) is 66.1 Å². The molecule has 0 radical (unpaired) electrons. The van der Waals surface area contributed by atoms with E-state index in [9.17, 15) is 10.1 Å². The highest BCUT2D eigenvalue weighted by Gasteiger charge is 2.32. The van der Waals surface area contributed by atoms with Crippen LogP contribution < -0.4 is 29.4 Å². The maximum atomic E-state index is 12.5. The van der Waals surface area contributed by atoms with Gasteiger partial charge in [-0.15, -0.1) is 0 Å². The highest BCUT2D eigenvalue weighted by molar-refractivity contribution is 5.74. The normalized spacial score (nSPS) is 14.0. The Morgan fingerprint density at radius 1 is 0.927 bits per heavy atom. The van der Waals surface area contributed by atoms with Crippen LogP contribution in [0.3, 0.4) is 0 Å². The molecule has 214 valence electrons. The minimum Gasteiger partial charge on any atom is -0.490 e. The van der Waals surface area contributed by atoms with Gasteiger partial charge in [0, 0.05) is 11.6 Å². The number of nitriles is 1. The van der Waals surface area contributed by atoms with E-state index in [-0.39, 0.29) is 23.8 Å². The lowest BCUT2D eigenvalue weighted by Crippen LogP contribution is -2.22. The predicted molar refractivity (Wildman–Crippen MR) is 155 cm³/mol. The van der Waals surface area contributed by atoms with Crippen LogP contribution in [0.2, 0.25) is 0 Å². The topological polar surface area (TPSA) is 113 Å². The van der Waals surface area contributed by atoms with Gasteiger partial charge in [-0.05, 0) is 74.2 Å². The summed E-state index contributed by atoms with van der Waals surface area (Å²) in [6.45, 7) is 8.79. The van der Waals surface area contributed by atoms with E-state index >= 15 is 0 Å². The third kappa shape index (κ3) is 7.31. The van der Waals surface area contributed by atoms with E-state index in [4.69, 9.17) is 29.4 Å². The van der Waals surface area contributed by atoms with Gasteiger partial charge in [-0.3, -0.25) is 0 Å². The molecule has 0 aliphatic carbocycles. The number of hydrogen-bond acceptors (Lipinski definition) is 8. The monoisotopic (exact) mass is 556 g/mol. The van der Waals surface area contributed by atoms with E-state index in [1.807, 2.05) is 57.2 Å². The van der Waals surface area contributed by atoms with Crippen LogP contribution in [0, 0.1) is 25.2 Å². The van der Waals surface area contributed by atoms with Gasteiger partial charge in [0.1, 0.15) is 28.9 Å². The number of carbonyl (C=O) groups excluding carboxylic acids is 1. The summed E-state index contributed by atoms with van der Waals surface area (Å²) >= 11 is 0. The van der Waals surface area contributed by atoms with Crippen LogP contribution in [-0.4, -0.2) is 25.8 Å². The average molecular weight is 557 g/mol. The van der Waals surface area contributed by atoms with E-state index in [0.717, 1.165) is 36.0 Å². The Balaban J connectivity index is 1.55. The molecule has 1 aliphatic heterocycles. The lowest BCUT2D eigenvalue weighted by Gasteiger charge is -2.27. The second kappa shape index (κ2) is 13.6. The SMILES string of the molecule is CCCCCOc1ccc(C2C(C#N)=C(N)Oc3cc(OC(=O)COc4cc(C)cc(C)c4)ccc32)cc1OCC. The third-order valence-corrected chi connectivity index (χ3v) is 6.58. The van der Waals surface area contributed by atoms with E-state index in [2.05, 4.69) is 13.0 Å². The van der Waals surface area contributed by atoms with Crippen molar-refractivity contribution in [2.75, 3.05) is 19.8 Å². The van der Waals surface area contributed by atoms with E-state index in [1.54, 1.807) is 18.2 Å². The summed E-state index contributed by atoms with van der Waals surface area (Å²) in [5.41, 5.74) is 10.1. The summed E-state index contributed by atoms with van der Waals surface area (Å²) in [6.07, 6.45) is 3.16. The van der Waals surface area contributed by atoms with Crippen molar-refractivity contribution < 1.29 is 28.5 Å². The highest BCUT2D eigenvalue weighted by atomic mass is 16.6. The first-order chi connectivity index (χ1) is 19.8. The molecule has 0 amide bonds. The molecule has 8 nitrogen and oxygen atoms in total. The summed E-state index contributed by atoms with van der Waals surface area (Å²) < 4.78 is 28.8. The van der Waals surface area contributed by atoms with Gasteiger partial charge < -0.3 is 29.4 Å². The molecule has 0 saturated carbocycles. The number of hydrogen-bond donors (Lipinski definition) is 1. The van der Waals surface area contributed by atoms with E-state index < -0.39 is 11.9 Å². The van der Waals surface area contributed by atoms with Gasteiger partial charge in [0.05, 0.1) is 19.1 Å². The number of aryl methyl sites for hydroxylation is 2. The van der Waals surface area contributed by atoms with Crippen LogP contribution in [-0.2, 0) is 4.79 Å². The van der Waals surface area contributed by atoms with Gasteiger partial charge >= 0.3 is 5.97 Å². The second-order valence-corrected chi connectivity index (χ2v) is 9.91. The summed E-state index contributed by atoms with van der Waals surface area (Å²) in [6, 6.07) is 18.6. The molecule has 2 N–H and O–H groups in total. The molecule has 4 rings (SSSR count). The number of nitrogens with zero attached hydrogens (tertiary/aromatic N) is 1. The molecule has 0 bridgehead atoms. The van der Waals surface area contributed by atoms with Crippen molar-refractivity contribution in [3.05, 3.63) is 88.3 Å². The molecule has 1 atom stereocenters. The van der Waals surface area contributed by atoms with E-state index in [1.165, 1.54) is 0 Å². The Kier molecular flexibility index (Phi) is 9.75. The molecular weight excluding hydrogens is 520 g/mol. The largest absolute Gasteiger partial charge is 0.490 e. The van der Waals surface area contributed by atoms with Crippen molar-refractivity contribution in [2.24, 2.45) is 5.73 Å². The Labute approximate surface area is 241 Å². The summed E-state index contributed by atoms with van der Waals surface area (Å²) in [4.78, 5) is 12.5. The number of unbranched alkanes of at least 4 members (excludes halogenated alkanes) is 2. The summed E-state index contributed by atoms with van der Waals surface area (Å²) in [5, 5.41) is 9.97.